The number of hydrogen-bond acceptors (Lipinski definition) is 1. The summed E-state index contributed by atoms with van der Waals surface area (Å²) < 4.78 is 2.17. The van der Waals surface area contributed by atoms with Gasteiger partial charge in [-0.3, -0.25) is 4.79 Å². The van der Waals surface area contributed by atoms with Gasteiger partial charge < -0.3 is 4.57 Å². The number of nitrogens with zero attached hydrogens (tertiary/aromatic N) is 1. The third-order valence-electron chi connectivity index (χ3n) is 3.86. The van der Waals surface area contributed by atoms with Gasteiger partial charge in [-0.2, -0.15) is 0 Å². The van der Waals surface area contributed by atoms with Crippen LogP contribution in [-0.2, 0) is 6.42 Å². The average Bonchev–Trinajstić information content (AvgIpc) is 2.71. The molecule has 0 radical (unpaired) electrons. The number of hydrogen-bond donors (Lipinski definition) is 0. The second kappa shape index (κ2) is 4.09. The SMILES string of the molecule is Cc1cccc(-n2ccc3c2CC(C)(C)CC3=O)c1. The van der Waals surface area contributed by atoms with Gasteiger partial charge in [0.05, 0.1) is 0 Å². The van der Waals surface area contributed by atoms with E-state index >= 15 is 0 Å². The first-order valence-corrected chi connectivity index (χ1v) is 6.77. The van der Waals surface area contributed by atoms with E-state index in [0.717, 1.165) is 23.4 Å². The maximum absolute atomic E-state index is 12.2. The molecular weight excluding hydrogens is 234 g/mol. The third kappa shape index (κ3) is 2.12. The molecule has 1 heterocycles. The lowest BCUT2D eigenvalue weighted by atomic mass is 9.76. The summed E-state index contributed by atoms with van der Waals surface area (Å²) in [5, 5.41) is 0. The lowest BCUT2D eigenvalue weighted by Gasteiger charge is -2.29. The minimum absolute atomic E-state index is 0.0595. The van der Waals surface area contributed by atoms with Crippen LogP contribution in [0.15, 0.2) is 36.5 Å². The Balaban J connectivity index is 2.14. The highest BCUT2D eigenvalue weighted by atomic mass is 16.1. The second-order valence-corrected chi connectivity index (χ2v) is 6.33. The zero-order valence-electron chi connectivity index (χ0n) is 11.7. The number of benzene rings is 1. The van der Waals surface area contributed by atoms with E-state index in [9.17, 15) is 4.79 Å². The first kappa shape index (κ1) is 12.2. The Hall–Kier alpha value is -1.83. The molecule has 19 heavy (non-hydrogen) atoms. The molecule has 2 aromatic rings. The van der Waals surface area contributed by atoms with Crippen LogP contribution in [-0.4, -0.2) is 10.4 Å². The molecule has 0 atom stereocenters. The molecule has 0 saturated heterocycles. The van der Waals surface area contributed by atoms with Crippen LogP contribution in [0.3, 0.4) is 0 Å². The normalized spacial score (nSPS) is 17.3. The number of aromatic nitrogens is 1. The molecule has 0 spiro atoms. The zero-order valence-corrected chi connectivity index (χ0v) is 11.7. The van der Waals surface area contributed by atoms with Crippen LogP contribution in [0.2, 0.25) is 0 Å². The van der Waals surface area contributed by atoms with Crippen molar-refractivity contribution >= 4 is 5.78 Å². The highest BCUT2D eigenvalue weighted by molar-refractivity contribution is 5.99. The minimum atomic E-state index is 0.0595. The third-order valence-corrected chi connectivity index (χ3v) is 3.86. The van der Waals surface area contributed by atoms with Crippen molar-refractivity contribution in [2.45, 2.75) is 33.6 Å². The van der Waals surface area contributed by atoms with Gasteiger partial charge in [0.2, 0.25) is 0 Å². The van der Waals surface area contributed by atoms with E-state index in [1.165, 1.54) is 5.56 Å². The zero-order chi connectivity index (χ0) is 13.6. The quantitative estimate of drug-likeness (QED) is 0.754. The Kier molecular flexibility index (Phi) is 2.63. The highest BCUT2D eigenvalue weighted by Crippen LogP contribution is 2.36. The Bertz CT molecular complexity index is 649. The summed E-state index contributed by atoms with van der Waals surface area (Å²) in [6.45, 7) is 6.43. The molecule has 0 aliphatic heterocycles. The molecule has 0 unspecified atom stereocenters. The number of carbonyl (C=O) groups is 1. The maximum atomic E-state index is 12.2. The van der Waals surface area contributed by atoms with Crippen molar-refractivity contribution in [3.63, 3.8) is 0 Å². The first-order valence-electron chi connectivity index (χ1n) is 6.77. The number of fused-ring (bicyclic) bond motifs is 1. The summed E-state index contributed by atoms with van der Waals surface area (Å²) in [5.74, 6) is 0.276. The second-order valence-electron chi connectivity index (χ2n) is 6.33. The Morgan fingerprint density at radius 3 is 2.68 bits per heavy atom. The molecule has 1 aromatic carbocycles. The number of aryl methyl sites for hydroxylation is 1. The van der Waals surface area contributed by atoms with Crippen LogP contribution in [0, 0.1) is 12.3 Å². The summed E-state index contributed by atoms with van der Waals surface area (Å²) in [5.41, 5.74) is 4.50. The predicted molar refractivity (Wildman–Crippen MR) is 76.9 cm³/mol. The van der Waals surface area contributed by atoms with Crippen molar-refractivity contribution in [1.82, 2.24) is 4.57 Å². The number of carbonyl (C=O) groups excluding carboxylic acids is 1. The van der Waals surface area contributed by atoms with E-state index in [4.69, 9.17) is 0 Å². The van der Waals surface area contributed by atoms with Gasteiger partial charge in [0, 0.05) is 29.6 Å². The van der Waals surface area contributed by atoms with Crippen molar-refractivity contribution in [3.8, 4) is 5.69 Å². The maximum Gasteiger partial charge on any atom is 0.165 e. The molecule has 0 fully saturated rings. The Morgan fingerprint density at radius 2 is 1.95 bits per heavy atom. The monoisotopic (exact) mass is 253 g/mol. The Morgan fingerprint density at radius 1 is 1.16 bits per heavy atom. The van der Waals surface area contributed by atoms with Crippen LogP contribution < -0.4 is 0 Å². The number of Topliss-reactive ketones (excluding diaryl/α,β-unsaturated/α-hetero) is 1. The topological polar surface area (TPSA) is 22.0 Å². The highest BCUT2D eigenvalue weighted by Gasteiger charge is 2.33. The fourth-order valence-corrected chi connectivity index (χ4v) is 2.96. The van der Waals surface area contributed by atoms with Crippen molar-refractivity contribution in [2.24, 2.45) is 5.41 Å². The van der Waals surface area contributed by atoms with Gasteiger partial charge in [-0.25, -0.2) is 0 Å². The number of rotatable bonds is 1. The molecule has 0 N–H and O–H groups in total. The van der Waals surface area contributed by atoms with Gasteiger partial charge >= 0.3 is 0 Å². The van der Waals surface area contributed by atoms with Crippen molar-refractivity contribution in [2.75, 3.05) is 0 Å². The molecule has 1 aromatic heterocycles. The van der Waals surface area contributed by atoms with Gasteiger partial charge in [-0.05, 0) is 42.5 Å². The van der Waals surface area contributed by atoms with Gasteiger partial charge in [0.25, 0.3) is 0 Å². The van der Waals surface area contributed by atoms with Crippen molar-refractivity contribution < 1.29 is 4.79 Å². The molecule has 2 heteroatoms. The predicted octanol–water partition coefficient (Wildman–Crippen LogP) is 3.94. The van der Waals surface area contributed by atoms with Gasteiger partial charge in [0.1, 0.15) is 0 Å². The molecule has 1 aliphatic rings. The minimum Gasteiger partial charge on any atom is -0.320 e. The molecular formula is C17H19NO. The smallest absolute Gasteiger partial charge is 0.165 e. The molecule has 2 nitrogen and oxygen atoms in total. The van der Waals surface area contributed by atoms with E-state index in [1.54, 1.807) is 0 Å². The summed E-state index contributed by atoms with van der Waals surface area (Å²) in [6, 6.07) is 10.4. The molecule has 0 bridgehead atoms. The van der Waals surface area contributed by atoms with E-state index in [-0.39, 0.29) is 11.2 Å². The van der Waals surface area contributed by atoms with Crippen LogP contribution >= 0.6 is 0 Å². The summed E-state index contributed by atoms with van der Waals surface area (Å²) in [7, 11) is 0. The summed E-state index contributed by atoms with van der Waals surface area (Å²) in [6.07, 6.45) is 3.63. The summed E-state index contributed by atoms with van der Waals surface area (Å²) in [4.78, 5) is 12.2. The lowest BCUT2D eigenvalue weighted by Crippen LogP contribution is -2.27. The molecule has 98 valence electrons. The standard InChI is InChI=1S/C17H19NO/c1-12-5-4-6-13(9-12)18-8-7-14-15(18)10-17(2,3)11-16(14)19/h4-9H,10-11H2,1-3H3. The van der Waals surface area contributed by atoms with E-state index in [2.05, 4.69) is 49.6 Å². The Labute approximate surface area is 114 Å². The molecule has 1 aliphatic carbocycles. The van der Waals surface area contributed by atoms with Crippen LogP contribution in [0.5, 0.6) is 0 Å². The van der Waals surface area contributed by atoms with Crippen LogP contribution in [0.25, 0.3) is 5.69 Å². The van der Waals surface area contributed by atoms with E-state index in [1.807, 2.05) is 12.3 Å². The molecule has 3 rings (SSSR count). The van der Waals surface area contributed by atoms with Crippen molar-refractivity contribution in [3.05, 3.63) is 53.3 Å². The summed E-state index contributed by atoms with van der Waals surface area (Å²) >= 11 is 0. The van der Waals surface area contributed by atoms with Gasteiger partial charge in [0.15, 0.2) is 5.78 Å². The molecule has 0 amide bonds. The van der Waals surface area contributed by atoms with Gasteiger partial charge in [-0.15, -0.1) is 0 Å². The van der Waals surface area contributed by atoms with Crippen molar-refractivity contribution in [1.29, 1.82) is 0 Å². The molecule has 0 saturated carbocycles. The van der Waals surface area contributed by atoms with Crippen LogP contribution in [0.1, 0.15) is 41.9 Å². The van der Waals surface area contributed by atoms with E-state index < -0.39 is 0 Å². The first-order chi connectivity index (χ1) is 8.96. The van der Waals surface area contributed by atoms with Gasteiger partial charge in [-0.1, -0.05) is 26.0 Å². The van der Waals surface area contributed by atoms with Crippen LogP contribution in [0.4, 0.5) is 0 Å². The largest absolute Gasteiger partial charge is 0.320 e. The fraction of sp³-hybridized carbons (Fsp3) is 0.353. The number of ketones is 1. The van der Waals surface area contributed by atoms with E-state index in [0.29, 0.717) is 6.42 Å². The average molecular weight is 253 g/mol. The lowest BCUT2D eigenvalue weighted by molar-refractivity contribution is 0.0911. The fourth-order valence-electron chi connectivity index (χ4n) is 2.96.